The van der Waals surface area contributed by atoms with E-state index in [1.165, 1.54) is 6.20 Å². The van der Waals surface area contributed by atoms with Gasteiger partial charge in [-0.2, -0.15) is 0 Å². The van der Waals surface area contributed by atoms with Crippen LogP contribution in [0, 0.1) is 0 Å². The lowest BCUT2D eigenvalue weighted by Gasteiger charge is -2.09. The van der Waals surface area contributed by atoms with Gasteiger partial charge >= 0.3 is 0 Å². The number of ether oxygens (including phenoxy) is 1. The fraction of sp³-hybridized carbons (Fsp3) is 0.111. The minimum absolute atomic E-state index is 0.252. The van der Waals surface area contributed by atoms with Gasteiger partial charge in [0.1, 0.15) is 22.8 Å². The highest BCUT2D eigenvalue weighted by atomic mass is 16.5. The van der Waals surface area contributed by atoms with Gasteiger partial charge in [-0.3, -0.25) is 9.78 Å². The van der Waals surface area contributed by atoms with Crippen LogP contribution >= 0.6 is 0 Å². The molecule has 6 heteroatoms. The Kier molecular flexibility index (Phi) is 4.88. The van der Waals surface area contributed by atoms with E-state index in [0.29, 0.717) is 24.6 Å². The van der Waals surface area contributed by atoms with Crippen molar-refractivity contribution in [2.75, 3.05) is 0 Å². The molecular formula is C18H17N3O3. The molecule has 0 aliphatic carbocycles. The van der Waals surface area contributed by atoms with E-state index in [2.05, 4.69) is 10.3 Å². The molecule has 2 heterocycles. The first-order valence-corrected chi connectivity index (χ1v) is 7.46. The summed E-state index contributed by atoms with van der Waals surface area (Å²) in [7, 11) is 0. The van der Waals surface area contributed by atoms with Crippen LogP contribution in [0.25, 0.3) is 0 Å². The minimum atomic E-state index is -0.572. The van der Waals surface area contributed by atoms with Gasteiger partial charge in [0.25, 0.3) is 5.91 Å². The van der Waals surface area contributed by atoms with Gasteiger partial charge in [-0.15, -0.1) is 0 Å². The summed E-state index contributed by atoms with van der Waals surface area (Å²) in [5.74, 6) is 1.34. The maximum absolute atomic E-state index is 11.4. The number of amides is 1. The van der Waals surface area contributed by atoms with Gasteiger partial charge in [0.15, 0.2) is 0 Å². The summed E-state index contributed by atoms with van der Waals surface area (Å²) in [6, 6.07) is 13.0. The highest BCUT2D eigenvalue weighted by Crippen LogP contribution is 2.24. The molecule has 0 aliphatic rings. The monoisotopic (exact) mass is 323 g/mol. The summed E-state index contributed by atoms with van der Waals surface area (Å²) < 4.78 is 11.0. The summed E-state index contributed by atoms with van der Waals surface area (Å²) in [4.78, 5) is 15.2. The smallest absolute Gasteiger partial charge is 0.254 e. The standard InChI is InChI=1S/C18H17N3O3/c19-18(22)16-12-20-8-7-17(16)24-14-5-3-13(4-6-14)10-21-11-15-2-1-9-23-15/h1-9,12,21H,10-11H2,(H2,19,22). The molecule has 0 fully saturated rings. The molecule has 0 aliphatic heterocycles. The lowest BCUT2D eigenvalue weighted by Crippen LogP contribution is -2.12. The van der Waals surface area contributed by atoms with Crippen LogP contribution in [0.15, 0.2) is 65.5 Å². The van der Waals surface area contributed by atoms with Crippen molar-refractivity contribution in [2.45, 2.75) is 13.1 Å². The van der Waals surface area contributed by atoms with Crippen molar-refractivity contribution in [3.05, 3.63) is 78.0 Å². The number of rotatable bonds is 7. The first-order valence-electron chi connectivity index (χ1n) is 7.46. The normalized spacial score (nSPS) is 10.5. The number of furan rings is 1. The molecule has 1 aromatic carbocycles. The van der Waals surface area contributed by atoms with E-state index in [9.17, 15) is 4.79 Å². The van der Waals surface area contributed by atoms with Crippen molar-refractivity contribution in [3.63, 3.8) is 0 Å². The van der Waals surface area contributed by atoms with Crippen molar-refractivity contribution < 1.29 is 13.9 Å². The summed E-state index contributed by atoms with van der Waals surface area (Å²) in [6.07, 6.45) is 4.60. The topological polar surface area (TPSA) is 90.4 Å². The highest BCUT2D eigenvalue weighted by Gasteiger charge is 2.10. The number of benzene rings is 1. The lowest BCUT2D eigenvalue weighted by molar-refractivity contribution is 0.0997. The average Bonchev–Trinajstić information content (AvgIpc) is 3.10. The van der Waals surface area contributed by atoms with Crippen LogP contribution in [0.4, 0.5) is 0 Å². The van der Waals surface area contributed by atoms with E-state index >= 15 is 0 Å². The Hall–Kier alpha value is -3.12. The Morgan fingerprint density at radius 1 is 1.17 bits per heavy atom. The van der Waals surface area contributed by atoms with Crippen molar-refractivity contribution in [2.24, 2.45) is 5.73 Å². The zero-order valence-corrected chi connectivity index (χ0v) is 12.9. The molecule has 24 heavy (non-hydrogen) atoms. The second-order valence-corrected chi connectivity index (χ2v) is 5.17. The molecule has 0 radical (unpaired) electrons. The second-order valence-electron chi connectivity index (χ2n) is 5.17. The third kappa shape index (κ3) is 3.99. The molecular weight excluding hydrogens is 306 g/mol. The number of hydrogen-bond donors (Lipinski definition) is 2. The summed E-state index contributed by atoms with van der Waals surface area (Å²) >= 11 is 0. The Bertz CT molecular complexity index is 799. The summed E-state index contributed by atoms with van der Waals surface area (Å²) in [5, 5.41) is 3.29. The number of pyridine rings is 1. The van der Waals surface area contributed by atoms with Crippen LogP contribution in [0.1, 0.15) is 21.7 Å². The van der Waals surface area contributed by atoms with Gasteiger partial charge in [0, 0.05) is 18.9 Å². The van der Waals surface area contributed by atoms with Crippen molar-refractivity contribution in [3.8, 4) is 11.5 Å². The fourth-order valence-electron chi connectivity index (χ4n) is 2.20. The predicted octanol–water partition coefficient (Wildman–Crippen LogP) is 2.86. The molecule has 1 amide bonds. The Labute approximate surface area is 139 Å². The van der Waals surface area contributed by atoms with Crippen LogP contribution in [0.2, 0.25) is 0 Å². The van der Waals surface area contributed by atoms with Crippen molar-refractivity contribution in [1.29, 1.82) is 0 Å². The van der Waals surface area contributed by atoms with Crippen LogP contribution in [-0.4, -0.2) is 10.9 Å². The summed E-state index contributed by atoms with van der Waals surface area (Å²) in [5.41, 5.74) is 6.67. The zero-order chi connectivity index (χ0) is 16.8. The van der Waals surface area contributed by atoms with E-state index in [-0.39, 0.29) is 5.56 Å². The molecule has 0 saturated carbocycles. The first-order chi connectivity index (χ1) is 11.7. The average molecular weight is 323 g/mol. The van der Waals surface area contributed by atoms with Crippen molar-refractivity contribution in [1.82, 2.24) is 10.3 Å². The molecule has 3 rings (SSSR count). The van der Waals surface area contributed by atoms with Gasteiger partial charge < -0.3 is 20.2 Å². The summed E-state index contributed by atoms with van der Waals surface area (Å²) in [6.45, 7) is 1.38. The van der Waals surface area contributed by atoms with Gasteiger partial charge in [-0.1, -0.05) is 12.1 Å². The molecule has 122 valence electrons. The largest absolute Gasteiger partial charge is 0.468 e. The Morgan fingerprint density at radius 2 is 2.00 bits per heavy atom. The van der Waals surface area contributed by atoms with Crippen molar-refractivity contribution >= 4 is 5.91 Å². The molecule has 0 bridgehead atoms. The maximum atomic E-state index is 11.4. The second kappa shape index (κ2) is 7.43. The number of nitrogens with one attached hydrogen (secondary N) is 1. The molecule has 0 unspecified atom stereocenters. The number of nitrogens with two attached hydrogens (primary N) is 1. The Balaban J connectivity index is 1.59. The third-order valence-electron chi connectivity index (χ3n) is 3.41. The molecule has 0 saturated heterocycles. The maximum Gasteiger partial charge on any atom is 0.254 e. The number of aromatic nitrogens is 1. The molecule has 2 aromatic heterocycles. The van der Waals surface area contributed by atoms with E-state index in [4.69, 9.17) is 14.9 Å². The molecule has 3 N–H and O–H groups in total. The number of carbonyl (C=O) groups is 1. The van der Waals surface area contributed by atoms with Crippen LogP contribution in [-0.2, 0) is 13.1 Å². The van der Waals surface area contributed by atoms with Crippen LogP contribution in [0.3, 0.4) is 0 Å². The van der Waals surface area contributed by atoms with E-state index in [1.807, 2.05) is 36.4 Å². The van der Waals surface area contributed by atoms with E-state index in [1.54, 1.807) is 18.5 Å². The fourth-order valence-corrected chi connectivity index (χ4v) is 2.20. The Morgan fingerprint density at radius 3 is 2.71 bits per heavy atom. The van der Waals surface area contributed by atoms with Crippen LogP contribution in [0.5, 0.6) is 11.5 Å². The zero-order valence-electron chi connectivity index (χ0n) is 12.9. The molecule has 0 spiro atoms. The van der Waals surface area contributed by atoms with E-state index in [0.717, 1.165) is 11.3 Å². The molecule has 3 aromatic rings. The van der Waals surface area contributed by atoms with Gasteiger partial charge in [-0.05, 0) is 35.9 Å². The number of primary amides is 1. The van der Waals surface area contributed by atoms with Gasteiger partial charge in [-0.25, -0.2) is 0 Å². The molecule has 0 atom stereocenters. The number of nitrogens with zero attached hydrogens (tertiary/aromatic N) is 1. The third-order valence-corrected chi connectivity index (χ3v) is 3.41. The van der Waals surface area contributed by atoms with Gasteiger partial charge in [0.2, 0.25) is 0 Å². The predicted molar refractivity (Wildman–Crippen MR) is 88.5 cm³/mol. The lowest BCUT2D eigenvalue weighted by atomic mass is 10.2. The number of carbonyl (C=O) groups excluding carboxylic acids is 1. The van der Waals surface area contributed by atoms with Crippen LogP contribution < -0.4 is 15.8 Å². The minimum Gasteiger partial charge on any atom is -0.468 e. The van der Waals surface area contributed by atoms with Gasteiger partial charge in [0.05, 0.1) is 12.8 Å². The quantitative estimate of drug-likeness (QED) is 0.698. The van der Waals surface area contributed by atoms with E-state index < -0.39 is 5.91 Å². The molecule has 6 nitrogen and oxygen atoms in total. The first kappa shape index (κ1) is 15.8. The highest BCUT2D eigenvalue weighted by molar-refractivity contribution is 5.95. The SMILES string of the molecule is NC(=O)c1cnccc1Oc1ccc(CNCc2ccco2)cc1. The number of hydrogen-bond acceptors (Lipinski definition) is 5.